The van der Waals surface area contributed by atoms with Crippen molar-refractivity contribution >= 4 is 0 Å². The van der Waals surface area contributed by atoms with E-state index in [1.807, 2.05) is 39.0 Å². The summed E-state index contributed by atoms with van der Waals surface area (Å²) < 4.78 is 12.7. The van der Waals surface area contributed by atoms with Gasteiger partial charge in [-0.1, -0.05) is 26.0 Å². The van der Waals surface area contributed by atoms with Gasteiger partial charge in [0.2, 0.25) is 0 Å². The molecule has 0 atom stereocenters. The number of aliphatic hydroxyl groups excluding tert-OH is 1. The molecule has 1 rings (SSSR count). The van der Waals surface area contributed by atoms with Crippen molar-refractivity contribution in [3.8, 4) is 0 Å². The summed E-state index contributed by atoms with van der Waals surface area (Å²) in [5.41, 5.74) is 2.54. The van der Waals surface area contributed by atoms with Gasteiger partial charge in [-0.2, -0.15) is 0 Å². The Kier molecular flexibility index (Phi) is 8.76. The summed E-state index contributed by atoms with van der Waals surface area (Å²) in [5, 5.41) is 8.87. The largest absolute Gasteiger partial charge is 0.392 e. The molecule has 1 heterocycles. The van der Waals surface area contributed by atoms with E-state index in [0.29, 0.717) is 6.42 Å². The number of pyridine rings is 1. The number of aromatic nitrogens is 1. The molecule has 0 radical (unpaired) electrons. The molecule has 18 heavy (non-hydrogen) atoms. The van der Waals surface area contributed by atoms with Crippen molar-refractivity contribution in [1.82, 2.24) is 4.98 Å². The molecule has 0 aliphatic heterocycles. The van der Waals surface area contributed by atoms with Crippen molar-refractivity contribution in [2.24, 2.45) is 0 Å². The lowest BCUT2D eigenvalue weighted by atomic mass is 10.1. The molecule has 0 amide bonds. The molecule has 0 aliphatic carbocycles. The minimum absolute atomic E-state index is 0.00670. The molecular weight excluding hydrogens is 229 g/mol. The molecule has 100 valence electrons. The molecule has 0 aromatic carbocycles. The van der Waals surface area contributed by atoms with E-state index in [-0.39, 0.29) is 12.4 Å². The summed E-state index contributed by atoms with van der Waals surface area (Å²) in [7, 11) is 0. The first-order valence-corrected chi connectivity index (χ1v) is 6.19. The van der Waals surface area contributed by atoms with Gasteiger partial charge in [0.15, 0.2) is 0 Å². The lowest BCUT2D eigenvalue weighted by molar-refractivity contribution is 0.281. The summed E-state index contributed by atoms with van der Waals surface area (Å²) in [6.07, 6.45) is 5.60. The predicted octanol–water partition coefficient (Wildman–Crippen LogP) is 3.96. The van der Waals surface area contributed by atoms with Gasteiger partial charge in [0.25, 0.3) is 0 Å². The van der Waals surface area contributed by atoms with E-state index in [1.54, 1.807) is 6.20 Å². The molecule has 2 nitrogen and oxygen atoms in total. The van der Waals surface area contributed by atoms with Gasteiger partial charge < -0.3 is 5.11 Å². The summed E-state index contributed by atoms with van der Waals surface area (Å²) in [6.45, 7) is 7.29. The first kappa shape index (κ1) is 16.5. The molecule has 0 fully saturated rings. The SMILES string of the molecule is C/C=C(\C=C(/C)F)Cc1ccc(CO)cn1.CC. The fourth-order valence-electron chi connectivity index (χ4n) is 1.35. The molecule has 0 saturated carbocycles. The van der Waals surface area contributed by atoms with Crippen molar-refractivity contribution in [2.45, 2.75) is 40.7 Å². The maximum atomic E-state index is 12.7. The van der Waals surface area contributed by atoms with Crippen LogP contribution in [0.3, 0.4) is 0 Å². The highest BCUT2D eigenvalue weighted by Crippen LogP contribution is 2.10. The number of rotatable bonds is 4. The quantitative estimate of drug-likeness (QED) is 0.822. The lowest BCUT2D eigenvalue weighted by Crippen LogP contribution is -1.94. The van der Waals surface area contributed by atoms with Crippen molar-refractivity contribution in [3.63, 3.8) is 0 Å². The average molecular weight is 251 g/mol. The number of nitrogens with zero attached hydrogens (tertiary/aromatic N) is 1. The second kappa shape index (κ2) is 9.54. The average Bonchev–Trinajstić information content (AvgIpc) is 2.40. The zero-order chi connectivity index (χ0) is 14.0. The summed E-state index contributed by atoms with van der Waals surface area (Å²) >= 11 is 0. The molecule has 0 unspecified atom stereocenters. The third kappa shape index (κ3) is 6.30. The molecule has 1 aromatic rings. The van der Waals surface area contributed by atoms with Crippen LogP contribution in [0.2, 0.25) is 0 Å². The summed E-state index contributed by atoms with van der Waals surface area (Å²) in [6, 6.07) is 3.66. The zero-order valence-electron chi connectivity index (χ0n) is 11.6. The number of hydrogen-bond donors (Lipinski definition) is 1. The van der Waals surface area contributed by atoms with Gasteiger partial charge in [0, 0.05) is 18.3 Å². The van der Waals surface area contributed by atoms with E-state index in [2.05, 4.69) is 4.98 Å². The Morgan fingerprint density at radius 3 is 2.44 bits per heavy atom. The van der Waals surface area contributed by atoms with Crippen LogP contribution in [0, 0.1) is 0 Å². The van der Waals surface area contributed by atoms with Crippen LogP contribution in [0.4, 0.5) is 4.39 Å². The summed E-state index contributed by atoms with van der Waals surface area (Å²) in [4.78, 5) is 4.19. The van der Waals surface area contributed by atoms with Gasteiger partial charge in [-0.05, 0) is 37.1 Å². The standard InChI is InChI=1S/C13H16FNO.C2H6/c1-3-11(6-10(2)14)7-13-5-4-12(9-16)8-15-13;1-2/h3-6,8,16H,7,9H2,1-2H3;1-2H3/b10-6+,11-3+;. The van der Waals surface area contributed by atoms with Gasteiger partial charge >= 0.3 is 0 Å². The highest BCUT2D eigenvalue weighted by molar-refractivity contribution is 5.26. The van der Waals surface area contributed by atoms with Gasteiger partial charge in [-0.25, -0.2) is 4.39 Å². The highest BCUT2D eigenvalue weighted by atomic mass is 19.1. The first-order chi connectivity index (χ1) is 8.65. The number of hydrogen-bond acceptors (Lipinski definition) is 2. The van der Waals surface area contributed by atoms with Crippen molar-refractivity contribution in [3.05, 3.63) is 53.1 Å². The van der Waals surface area contributed by atoms with E-state index in [0.717, 1.165) is 16.8 Å². The van der Waals surface area contributed by atoms with E-state index in [4.69, 9.17) is 5.11 Å². The molecule has 0 aliphatic rings. The third-order valence-electron chi connectivity index (χ3n) is 2.21. The van der Waals surface area contributed by atoms with E-state index < -0.39 is 0 Å². The summed E-state index contributed by atoms with van der Waals surface area (Å²) in [5.74, 6) is -0.208. The zero-order valence-corrected chi connectivity index (χ0v) is 11.6. The smallest absolute Gasteiger partial charge is 0.0971 e. The lowest BCUT2D eigenvalue weighted by Gasteiger charge is -2.02. The molecule has 1 N–H and O–H groups in total. The third-order valence-corrected chi connectivity index (χ3v) is 2.21. The van der Waals surface area contributed by atoms with E-state index >= 15 is 0 Å². The molecule has 0 saturated heterocycles. The molecule has 1 aromatic heterocycles. The van der Waals surface area contributed by atoms with Crippen molar-refractivity contribution in [1.29, 1.82) is 0 Å². The Balaban J connectivity index is 0.00000137. The van der Waals surface area contributed by atoms with Crippen LogP contribution in [0.5, 0.6) is 0 Å². The molecule has 0 bridgehead atoms. The minimum atomic E-state index is -0.208. The fourth-order valence-corrected chi connectivity index (χ4v) is 1.35. The topological polar surface area (TPSA) is 33.1 Å². The Morgan fingerprint density at radius 1 is 1.39 bits per heavy atom. The van der Waals surface area contributed by atoms with Gasteiger partial charge in [0.05, 0.1) is 12.4 Å². The van der Waals surface area contributed by atoms with Crippen LogP contribution < -0.4 is 0 Å². The van der Waals surface area contributed by atoms with E-state index in [9.17, 15) is 4.39 Å². The van der Waals surface area contributed by atoms with Crippen LogP contribution >= 0.6 is 0 Å². The fraction of sp³-hybridized carbons (Fsp3) is 0.400. The Morgan fingerprint density at radius 2 is 2.06 bits per heavy atom. The maximum absolute atomic E-state index is 12.7. The van der Waals surface area contributed by atoms with Crippen LogP contribution in [0.1, 0.15) is 39.0 Å². The number of aliphatic hydroxyl groups is 1. The molecular formula is C15H22FNO. The van der Waals surface area contributed by atoms with Gasteiger partial charge in [-0.3, -0.25) is 4.98 Å². The van der Waals surface area contributed by atoms with Crippen molar-refractivity contribution in [2.75, 3.05) is 0 Å². The second-order valence-electron chi connectivity index (χ2n) is 3.59. The Bertz CT molecular complexity index is 389. The second-order valence-corrected chi connectivity index (χ2v) is 3.59. The normalized spacial score (nSPS) is 11.9. The molecule has 0 spiro atoms. The van der Waals surface area contributed by atoms with Crippen LogP contribution in [0.25, 0.3) is 0 Å². The van der Waals surface area contributed by atoms with Crippen molar-refractivity contribution < 1.29 is 9.50 Å². The van der Waals surface area contributed by atoms with Crippen LogP contribution in [0.15, 0.2) is 41.9 Å². The number of allylic oxidation sites excluding steroid dienone is 4. The Hall–Kier alpha value is -1.48. The Labute approximate surface area is 109 Å². The molecule has 3 heteroatoms. The van der Waals surface area contributed by atoms with Crippen LogP contribution in [-0.4, -0.2) is 10.1 Å². The minimum Gasteiger partial charge on any atom is -0.392 e. The first-order valence-electron chi connectivity index (χ1n) is 6.19. The maximum Gasteiger partial charge on any atom is 0.0971 e. The predicted molar refractivity (Wildman–Crippen MR) is 73.8 cm³/mol. The number of halogens is 1. The van der Waals surface area contributed by atoms with Gasteiger partial charge in [-0.15, -0.1) is 0 Å². The highest BCUT2D eigenvalue weighted by Gasteiger charge is 1.99. The monoisotopic (exact) mass is 251 g/mol. The van der Waals surface area contributed by atoms with E-state index in [1.165, 1.54) is 13.0 Å². The van der Waals surface area contributed by atoms with Crippen LogP contribution in [-0.2, 0) is 13.0 Å². The van der Waals surface area contributed by atoms with Gasteiger partial charge in [0.1, 0.15) is 0 Å².